The molecule has 0 unspecified atom stereocenters. The molecule has 0 bridgehead atoms. The van der Waals surface area contributed by atoms with Crippen LogP contribution >= 0.6 is 34.8 Å². The van der Waals surface area contributed by atoms with E-state index in [9.17, 15) is 4.79 Å². The Morgan fingerprint density at radius 2 is 1.53 bits per heavy atom. The minimum Gasteiger partial charge on any atom is -0.478 e. The molecule has 19 heavy (non-hydrogen) atoms. The lowest BCUT2D eigenvalue weighted by molar-refractivity contribution is 0.0697. The molecule has 0 spiro atoms. The van der Waals surface area contributed by atoms with E-state index < -0.39 is 5.97 Å². The van der Waals surface area contributed by atoms with Crippen molar-refractivity contribution >= 4 is 40.8 Å². The van der Waals surface area contributed by atoms with E-state index in [1.807, 2.05) is 0 Å². The van der Waals surface area contributed by atoms with Gasteiger partial charge in [0.05, 0.1) is 15.6 Å². The standard InChI is InChI=1S/C13H7Cl3O3/c14-8-5-10(15)12(11(16)6-8)19-9-3-1-7(2-4-9)13(17)18/h1-6H,(H,17,18). The topological polar surface area (TPSA) is 46.5 Å². The lowest BCUT2D eigenvalue weighted by atomic mass is 10.2. The van der Waals surface area contributed by atoms with Crippen LogP contribution in [0.4, 0.5) is 0 Å². The molecular formula is C13H7Cl3O3. The lowest BCUT2D eigenvalue weighted by Crippen LogP contribution is -1.95. The summed E-state index contributed by atoms with van der Waals surface area (Å²) in [5.41, 5.74) is 0.167. The van der Waals surface area contributed by atoms with E-state index in [1.54, 1.807) is 0 Å². The van der Waals surface area contributed by atoms with Crippen molar-refractivity contribution in [3.63, 3.8) is 0 Å². The molecule has 0 fully saturated rings. The van der Waals surface area contributed by atoms with Crippen molar-refractivity contribution in [2.45, 2.75) is 0 Å². The van der Waals surface area contributed by atoms with Crippen LogP contribution < -0.4 is 4.74 Å². The molecule has 0 radical (unpaired) electrons. The van der Waals surface area contributed by atoms with Gasteiger partial charge in [0.1, 0.15) is 5.75 Å². The Balaban J connectivity index is 2.29. The smallest absolute Gasteiger partial charge is 0.335 e. The van der Waals surface area contributed by atoms with Crippen molar-refractivity contribution in [2.75, 3.05) is 0 Å². The number of hydrogen-bond acceptors (Lipinski definition) is 2. The van der Waals surface area contributed by atoms with Gasteiger partial charge in [-0.15, -0.1) is 0 Å². The number of benzene rings is 2. The van der Waals surface area contributed by atoms with Gasteiger partial charge in [0.2, 0.25) is 0 Å². The molecule has 0 saturated carbocycles. The van der Waals surface area contributed by atoms with Crippen LogP contribution in [0, 0.1) is 0 Å². The first kappa shape index (κ1) is 14.0. The second-order valence-corrected chi connectivity index (χ2v) is 4.88. The van der Waals surface area contributed by atoms with Gasteiger partial charge in [0, 0.05) is 5.02 Å². The monoisotopic (exact) mass is 316 g/mol. The minimum absolute atomic E-state index is 0.167. The van der Waals surface area contributed by atoms with E-state index in [1.165, 1.54) is 36.4 Å². The predicted molar refractivity (Wildman–Crippen MR) is 74.9 cm³/mol. The largest absolute Gasteiger partial charge is 0.478 e. The fourth-order valence-electron chi connectivity index (χ4n) is 1.41. The average molecular weight is 318 g/mol. The number of carboxylic acid groups (broad SMARTS) is 1. The molecule has 98 valence electrons. The van der Waals surface area contributed by atoms with E-state index in [-0.39, 0.29) is 21.4 Å². The van der Waals surface area contributed by atoms with E-state index in [2.05, 4.69) is 0 Å². The molecule has 0 aliphatic rings. The minimum atomic E-state index is -1.01. The quantitative estimate of drug-likeness (QED) is 0.853. The van der Waals surface area contributed by atoms with Crippen molar-refractivity contribution in [1.29, 1.82) is 0 Å². The summed E-state index contributed by atoms with van der Waals surface area (Å²) in [6.45, 7) is 0. The number of carboxylic acids is 1. The highest BCUT2D eigenvalue weighted by Crippen LogP contribution is 2.38. The lowest BCUT2D eigenvalue weighted by Gasteiger charge is -2.10. The first-order valence-electron chi connectivity index (χ1n) is 5.13. The summed E-state index contributed by atoms with van der Waals surface area (Å²) in [6.07, 6.45) is 0. The van der Waals surface area contributed by atoms with Crippen LogP contribution in [0.25, 0.3) is 0 Å². The number of ether oxygens (including phenoxy) is 1. The van der Waals surface area contributed by atoms with Gasteiger partial charge in [-0.3, -0.25) is 0 Å². The third kappa shape index (κ3) is 3.32. The van der Waals surface area contributed by atoms with E-state index in [0.29, 0.717) is 10.8 Å². The van der Waals surface area contributed by atoms with Gasteiger partial charge in [-0.05, 0) is 36.4 Å². The molecule has 0 amide bonds. The zero-order valence-electron chi connectivity index (χ0n) is 9.36. The third-order valence-electron chi connectivity index (χ3n) is 2.28. The molecule has 0 aliphatic heterocycles. The zero-order valence-corrected chi connectivity index (χ0v) is 11.6. The highest BCUT2D eigenvalue weighted by Gasteiger charge is 2.11. The summed E-state index contributed by atoms with van der Waals surface area (Å²) in [5, 5.41) is 9.75. The number of hydrogen-bond donors (Lipinski definition) is 1. The maximum atomic E-state index is 10.7. The predicted octanol–water partition coefficient (Wildman–Crippen LogP) is 5.14. The summed E-state index contributed by atoms with van der Waals surface area (Å²) < 4.78 is 5.51. The SMILES string of the molecule is O=C(O)c1ccc(Oc2c(Cl)cc(Cl)cc2Cl)cc1. The van der Waals surface area contributed by atoms with E-state index in [4.69, 9.17) is 44.6 Å². The molecule has 0 heterocycles. The Bertz CT molecular complexity index is 601. The molecule has 1 N–H and O–H groups in total. The van der Waals surface area contributed by atoms with Gasteiger partial charge >= 0.3 is 5.97 Å². The summed E-state index contributed by atoms with van der Waals surface area (Å²) >= 11 is 17.7. The van der Waals surface area contributed by atoms with Gasteiger partial charge in [-0.25, -0.2) is 4.79 Å². The van der Waals surface area contributed by atoms with Gasteiger partial charge in [-0.2, -0.15) is 0 Å². The average Bonchev–Trinajstić information content (AvgIpc) is 2.34. The second-order valence-electron chi connectivity index (χ2n) is 3.63. The molecular weight excluding hydrogens is 310 g/mol. The molecule has 6 heteroatoms. The molecule has 0 saturated heterocycles. The second kappa shape index (κ2) is 5.70. The van der Waals surface area contributed by atoms with Crippen LogP contribution in [-0.4, -0.2) is 11.1 Å². The molecule has 0 aromatic heterocycles. The zero-order chi connectivity index (χ0) is 14.0. The Morgan fingerprint density at radius 1 is 1.00 bits per heavy atom. The number of carbonyl (C=O) groups is 1. The number of rotatable bonds is 3. The van der Waals surface area contributed by atoms with Crippen LogP contribution in [0.1, 0.15) is 10.4 Å². The van der Waals surface area contributed by atoms with Gasteiger partial charge in [0.15, 0.2) is 5.75 Å². The maximum absolute atomic E-state index is 10.7. The highest BCUT2D eigenvalue weighted by atomic mass is 35.5. The first-order chi connectivity index (χ1) is 8.97. The van der Waals surface area contributed by atoms with Gasteiger partial charge < -0.3 is 9.84 Å². The van der Waals surface area contributed by atoms with Crippen LogP contribution in [0.2, 0.25) is 15.1 Å². The van der Waals surface area contributed by atoms with Crippen LogP contribution in [-0.2, 0) is 0 Å². The molecule has 3 nitrogen and oxygen atoms in total. The molecule has 2 rings (SSSR count). The molecule has 2 aromatic rings. The van der Waals surface area contributed by atoms with Crippen LogP contribution in [0.5, 0.6) is 11.5 Å². The van der Waals surface area contributed by atoms with Crippen molar-refractivity contribution in [3.05, 3.63) is 57.0 Å². The Morgan fingerprint density at radius 3 is 2.00 bits per heavy atom. The summed E-state index contributed by atoms with van der Waals surface area (Å²) in [7, 11) is 0. The Kier molecular flexibility index (Phi) is 4.20. The van der Waals surface area contributed by atoms with Crippen LogP contribution in [0.3, 0.4) is 0 Å². The van der Waals surface area contributed by atoms with Gasteiger partial charge in [0.25, 0.3) is 0 Å². The summed E-state index contributed by atoms with van der Waals surface area (Å²) in [4.78, 5) is 10.7. The van der Waals surface area contributed by atoms with E-state index >= 15 is 0 Å². The fourth-order valence-corrected chi connectivity index (χ4v) is 2.30. The summed E-state index contributed by atoms with van der Waals surface area (Å²) in [5.74, 6) is -0.305. The van der Waals surface area contributed by atoms with Crippen molar-refractivity contribution in [2.24, 2.45) is 0 Å². The van der Waals surface area contributed by atoms with E-state index in [0.717, 1.165) is 0 Å². The fraction of sp³-hybridized carbons (Fsp3) is 0. The molecule has 0 aliphatic carbocycles. The Labute approximate surface area is 124 Å². The maximum Gasteiger partial charge on any atom is 0.335 e. The molecule has 2 aromatic carbocycles. The van der Waals surface area contributed by atoms with Crippen molar-refractivity contribution < 1.29 is 14.6 Å². The van der Waals surface area contributed by atoms with Crippen molar-refractivity contribution in [3.8, 4) is 11.5 Å². The normalized spacial score (nSPS) is 10.3. The van der Waals surface area contributed by atoms with Crippen LogP contribution in [0.15, 0.2) is 36.4 Å². The third-order valence-corrected chi connectivity index (χ3v) is 3.06. The molecule has 0 atom stereocenters. The summed E-state index contributed by atoms with van der Waals surface area (Å²) in [6, 6.07) is 8.91. The number of halogens is 3. The first-order valence-corrected chi connectivity index (χ1v) is 6.26. The number of aromatic carboxylic acids is 1. The van der Waals surface area contributed by atoms with Gasteiger partial charge in [-0.1, -0.05) is 34.8 Å². The van der Waals surface area contributed by atoms with Crippen molar-refractivity contribution in [1.82, 2.24) is 0 Å². The Hall–Kier alpha value is -1.42. The highest BCUT2D eigenvalue weighted by molar-refractivity contribution is 6.40.